The summed E-state index contributed by atoms with van der Waals surface area (Å²) >= 11 is 0. The van der Waals surface area contributed by atoms with Gasteiger partial charge in [-0.25, -0.2) is 4.79 Å². The lowest BCUT2D eigenvalue weighted by Crippen LogP contribution is -2.45. The first-order valence-corrected chi connectivity index (χ1v) is 9.24. The molecule has 1 spiro atoms. The lowest BCUT2D eigenvalue weighted by Gasteiger charge is -2.35. The predicted octanol–water partition coefficient (Wildman–Crippen LogP) is 2.34. The number of aliphatic hydroxyl groups is 1. The van der Waals surface area contributed by atoms with Crippen molar-refractivity contribution in [3.63, 3.8) is 0 Å². The Labute approximate surface area is 153 Å². The summed E-state index contributed by atoms with van der Waals surface area (Å²) in [5.41, 5.74) is 1.89. The van der Waals surface area contributed by atoms with E-state index in [0.29, 0.717) is 25.3 Å². The molecule has 1 aromatic carbocycles. The monoisotopic (exact) mass is 358 g/mol. The Morgan fingerprint density at radius 3 is 3.00 bits per heavy atom. The fourth-order valence-electron chi connectivity index (χ4n) is 4.45. The van der Waals surface area contributed by atoms with Gasteiger partial charge in [-0.15, -0.1) is 0 Å². The average molecular weight is 358 g/mol. The second-order valence-corrected chi connectivity index (χ2v) is 7.72. The highest BCUT2D eigenvalue weighted by atomic mass is 16.5. The number of urea groups is 1. The number of amides is 2. The highest BCUT2D eigenvalue weighted by Gasteiger charge is 2.53. The van der Waals surface area contributed by atoms with Gasteiger partial charge in [0, 0.05) is 31.1 Å². The number of benzene rings is 1. The first-order valence-electron chi connectivity index (χ1n) is 9.24. The van der Waals surface area contributed by atoms with Crippen LogP contribution in [0.5, 0.6) is 11.5 Å². The molecule has 6 nitrogen and oxygen atoms in total. The van der Waals surface area contributed by atoms with Gasteiger partial charge in [-0.2, -0.15) is 0 Å². The molecule has 2 N–H and O–H groups in total. The van der Waals surface area contributed by atoms with Crippen LogP contribution in [-0.2, 0) is 12.0 Å². The number of nitrogens with one attached hydrogen (secondary N) is 1. The van der Waals surface area contributed by atoms with E-state index < -0.39 is 6.10 Å². The largest absolute Gasteiger partial charge is 0.493 e. The van der Waals surface area contributed by atoms with Crippen LogP contribution in [0.3, 0.4) is 0 Å². The summed E-state index contributed by atoms with van der Waals surface area (Å²) in [6.07, 6.45) is 4.62. The number of carbonyl (C=O) groups is 1. The third-order valence-electron chi connectivity index (χ3n) is 5.66. The lowest BCUT2D eigenvalue weighted by atomic mass is 9.69. The smallest absolute Gasteiger partial charge is 0.317 e. The normalized spacial score (nSPS) is 28.9. The maximum atomic E-state index is 12.6. The number of methoxy groups -OCH3 is 1. The lowest BCUT2D eigenvalue weighted by molar-refractivity contribution is 0.0820. The standard InChI is InChI=1S/C20H26N2O4/c1-12(2)21-19(24)22-9-8-20-7-6-14(23)10-16(20)26-18-15(25-3)5-4-13(11-22)17(18)20/h4-7,12,14,16,23H,8-11H2,1-3H3,(H,21,24)/t14-,16-,20+/m0/s1. The molecule has 3 atom stereocenters. The third kappa shape index (κ3) is 2.55. The SMILES string of the molecule is COc1ccc2c3c1O[C@H]1C[C@@H](O)C=C[C@]31CCN(C(=O)NC(C)C)C2. The molecule has 6 heteroatoms. The summed E-state index contributed by atoms with van der Waals surface area (Å²) in [7, 11) is 1.64. The fourth-order valence-corrected chi connectivity index (χ4v) is 4.45. The molecule has 2 amide bonds. The number of nitrogens with zero attached hydrogens (tertiary/aromatic N) is 1. The van der Waals surface area contributed by atoms with E-state index in [9.17, 15) is 9.90 Å². The van der Waals surface area contributed by atoms with Gasteiger partial charge in [0.1, 0.15) is 6.10 Å². The van der Waals surface area contributed by atoms with Crippen molar-refractivity contribution in [3.8, 4) is 11.5 Å². The van der Waals surface area contributed by atoms with Gasteiger partial charge in [-0.1, -0.05) is 18.2 Å². The van der Waals surface area contributed by atoms with E-state index in [-0.39, 0.29) is 23.6 Å². The third-order valence-corrected chi connectivity index (χ3v) is 5.66. The van der Waals surface area contributed by atoms with Crippen molar-refractivity contribution in [1.82, 2.24) is 10.2 Å². The predicted molar refractivity (Wildman–Crippen MR) is 97.5 cm³/mol. The molecule has 0 aromatic heterocycles. The summed E-state index contributed by atoms with van der Waals surface area (Å²) in [5.74, 6) is 1.47. The molecule has 3 aliphatic rings. The first kappa shape index (κ1) is 17.2. The van der Waals surface area contributed by atoms with Gasteiger partial charge in [0.05, 0.1) is 18.6 Å². The van der Waals surface area contributed by atoms with Crippen molar-refractivity contribution in [2.45, 2.75) is 56.9 Å². The molecular formula is C20H26N2O4. The van der Waals surface area contributed by atoms with Crippen LogP contribution in [0.1, 0.15) is 37.8 Å². The molecule has 1 aliphatic carbocycles. The molecule has 0 saturated carbocycles. The number of hydrogen-bond acceptors (Lipinski definition) is 4. The van der Waals surface area contributed by atoms with E-state index in [4.69, 9.17) is 9.47 Å². The molecule has 1 aromatic rings. The van der Waals surface area contributed by atoms with E-state index in [1.807, 2.05) is 37.0 Å². The molecule has 0 fully saturated rings. The van der Waals surface area contributed by atoms with Gasteiger partial charge in [-0.05, 0) is 31.9 Å². The van der Waals surface area contributed by atoms with Crippen molar-refractivity contribution in [1.29, 1.82) is 0 Å². The Balaban J connectivity index is 1.79. The van der Waals surface area contributed by atoms with Crippen molar-refractivity contribution in [2.24, 2.45) is 0 Å². The van der Waals surface area contributed by atoms with Gasteiger partial charge in [0.25, 0.3) is 0 Å². The Kier molecular flexibility index (Phi) is 4.10. The molecule has 2 aliphatic heterocycles. The Bertz CT molecular complexity index is 760. The molecule has 26 heavy (non-hydrogen) atoms. The Hall–Kier alpha value is -2.21. The van der Waals surface area contributed by atoms with E-state index in [1.54, 1.807) is 7.11 Å². The Morgan fingerprint density at radius 2 is 2.27 bits per heavy atom. The molecule has 0 saturated heterocycles. The molecular weight excluding hydrogens is 332 g/mol. The minimum absolute atomic E-state index is 0.0433. The zero-order chi connectivity index (χ0) is 18.5. The van der Waals surface area contributed by atoms with Crippen LogP contribution in [0, 0.1) is 0 Å². The molecule has 0 radical (unpaired) electrons. The molecule has 2 heterocycles. The van der Waals surface area contributed by atoms with Crippen LogP contribution in [0.25, 0.3) is 0 Å². The summed E-state index contributed by atoms with van der Waals surface area (Å²) in [4.78, 5) is 14.5. The van der Waals surface area contributed by atoms with E-state index >= 15 is 0 Å². The minimum atomic E-state index is -0.502. The highest BCUT2D eigenvalue weighted by molar-refractivity contribution is 5.75. The van der Waals surface area contributed by atoms with E-state index in [2.05, 4.69) is 11.4 Å². The zero-order valence-corrected chi connectivity index (χ0v) is 15.5. The number of ether oxygens (including phenoxy) is 2. The van der Waals surface area contributed by atoms with Gasteiger partial charge >= 0.3 is 6.03 Å². The summed E-state index contributed by atoms with van der Waals surface area (Å²) < 4.78 is 11.8. The van der Waals surface area contributed by atoms with Crippen LogP contribution >= 0.6 is 0 Å². The van der Waals surface area contributed by atoms with Crippen molar-refractivity contribution < 1.29 is 19.4 Å². The van der Waals surface area contributed by atoms with Gasteiger partial charge in [-0.3, -0.25) is 0 Å². The van der Waals surface area contributed by atoms with Crippen LogP contribution in [0.15, 0.2) is 24.3 Å². The van der Waals surface area contributed by atoms with Crippen LogP contribution < -0.4 is 14.8 Å². The van der Waals surface area contributed by atoms with Crippen LogP contribution in [0.4, 0.5) is 4.79 Å². The van der Waals surface area contributed by atoms with Crippen molar-refractivity contribution in [3.05, 3.63) is 35.4 Å². The highest BCUT2D eigenvalue weighted by Crippen LogP contribution is 2.55. The molecule has 4 rings (SSSR count). The summed E-state index contributed by atoms with van der Waals surface area (Å²) in [6, 6.07) is 3.99. The topological polar surface area (TPSA) is 71.0 Å². The number of aliphatic hydroxyl groups excluding tert-OH is 1. The number of carbonyl (C=O) groups excluding carboxylic acids is 1. The Morgan fingerprint density at radius 1 is 1.46 bits per heavy atom. The first-order chi connectivity index (χ1) is 12.4. The summed E-state index contributed by atoms with van der Waals surface area (Å²) in [5, 5.41) is 13.1. The van der Waals surface area contributed by atoms with Gasteiger partial charge in [0.15, 0.2) is 11.5 Å². The molecule has 0 bridgehead atoms. The van der Waals surface area contributed by atoms with Gasteiger partial charge < -0.3 is 24.8 Å². The van der Waals surface area contributed by atoms with Crippen LogP contribution in [0.2, 0.25) is 0 Å². The van der Waals surface area contributed by atoms with Gasteiger partial charge in [0.2, 0.25) is 0 Å². The minimum Gasteiger partial charge on any atom is -0.493 e. The maximum Gasteiger partial charge on any atom is 0.317 e. The number of hydrogen-bond donors (Lipinski definition) is 2. The zero-order valence-electron chi connectivity index (χ0n) is 15.5. The van der Waals surface area contributed by atoms with Crippen molar-refractivity contribution in [2.75, 3.05) is 13.7 Å². The maximum absolute atomic E-state index is 12.6. The average Bonchev–Trinajstić information content (AvgIpc) is 2.82. The number of rotatable bonds is 2. The van der Waals surface area contributed by atoms with Crippen molar-refractivity contribution >= 4 is 6.03 Å². The molecule has 0 unspecified atom stereocenters. The summed E-state index contributed by atoms with van der Waals surface area (Å²) in [6.45, 7) is 5.10. The second-order valence-electron chi connectivity index (χ2n) is 7.72. The molecule has 140 valence electrons. The van der Waals surface area contributed by atoms with E-state index in [0.717, 1.165) is 23.3 Å². The van der Waals surface area contributed by atoms with Crippen LogP contribution in [-0.4, -0.2) is 47.9 Å². The van der Waals surface area contributed by atoms with E-state index in [1.165, 1.54) is 0 Å². The second kappa shape index (κ2) is 6.20. The fraction of sp³-hybridized carbons (Fsp3) is 0.550. The quantitative estimate of drug-likeness (QED) is 0.796.